The van der Waals surface area contributed by atoms with E-state index in [0.717, 1.165) is 15.7 Å². The first kappa shape index (κ1) is 15.6. The minimum atomic E-state index is -0.930. The number of hydrogen-bond donors (Lipinski definition) is 1. The van der Waals surface area contributed by atoms with Crippen LogP contribution < -0.4 is 5.32 Å². The van der Waals surface area contributed by atoms with E-state index < -0.39 is 23.8 Å². The summed E-state index contributed by atoms with van der Waals surface area (Å²) >= 11 is 0. The second-order valence-corrected chi connectivity index (χ2v) is 6.77. The van der Waals surface area contributed by atoms with Crippen molar-refractivity contribution in [2.45, 2.75) is 38.8 Å². The number of hydrogen-bond acceptors (Lipinski definition) is 4. The molecule has 1 N–H and O–H groups in total. The Morgan fingerprint density at radius 3 is 2.04 bits per heavy atom. The van der Waals surface area contributed by atoms with Crippen molar-refractivity contribution in [3.63, 3.8) is 0 Å². The molecule has 1 atom stereocenters. The number of benzene rings is 1. The van der Waals surface area contributed by atoms with Crippen molar-refractivity contribution in [3.05, 3.63) is 35.7 Å². The molecule has 2 aliphatic heterocycles. The molecule has 4 rings (SSSR count). The highest BCUT2D eigenvalue weighted by atomic mass is 16.2. The van der Waals surface area contributed by atoms with Gasteiger partial charge in [-0.25, -0.2) is 0 Å². The van der Waals surface area contributed by atoms with Gasteiger partial charge in [0.1, 0.15) is 6.04 Å². The number of carbonyl (C=O) groups excluding carboxylic acids is 4. The van der Waals surface area contributed by atoms with Crippen molar-refractivity contribution in [2.75, 3.05) is 0 Å². The molecular formula is C18H17N3O4. The van der Waals surface area contributed by atoms with Crippen LogP contribution in [0.4, 0.5) is 0 Å². The van der Waals surface area contributed by atoms with Crippen molar-refractivity contribution in [3.8, 4) is 0 Å². The van der Waals surface area contributed by atoms with Crippen molar-refractivity contribution in [1.29, 1.82) is 0 Å². The van der Waals surface area contributed by atoms with Crippen LogP contribution in [0.2, 0.25) is 0 Å². The number of carbonyl (C=O) groups is 4. The number of fused-ring (bicyclic) bond motifs is 2. The minimum Gasteiger partial charge on any atom is -0.351 e. The summed E-state index contributed by atoms with van der Waals surface area (Å²) in [6, 6.07) is 2.75. The fourth-order valence-electron chi connectivity index (χ4n) is 3.43. The van der Waals surface area contributed by atoms with Crippen LogP contribution in [0, 0.1) is 0 Å². The van der Waals surface area contributed by atoms with Crippen LogP contribution in [-0.2, 0) is 9.59 Å². The molecule has 0 unspecified atom stereocenters. The van der Waals surface area contributed by atoms with Gasteiger partial charge in [0.15, 0.2) is 0 Å². The van der Waals surface area contributed by atoms with Crippen LogP contribution in [0.3, 0.4) is 0 Å². The van der Waals surface area contributed by atoms with E-state index >= 15 is 0 Å². The average molecular weight is 339 g/mol. The van der Waals surface area contributed by atoms with Gasteiger partial charge in [0.2, 0.25) is 11.8 Å². The molecular weight excluding hydrogens is 322 g/mol. The van der Waals surface area contributed by atoms with E-state index in [0.29, 0.717) is 11.1 Å². The van der Waals surface area contributed by atoms with Gasteiger partial charge in [0, 0.05) is 35.6 Å². The van der Waals surface area contributed by atoms with Crippen LogP contribution in [-0.4, -0.2) is 39.1 Å². The Labute approximate surface area is 143 Å². The zero-order valence-corrected chi connectivity index (χ0v) is 13.9. The topological polar surface area (TPSA) is 88.5 Å². The minimum absolute atomic E-state index is 0.116. The normalized spacial score (nSPS) is 20.6. The monoisotopic (exact) mass is 339 g/mol. The molecule has 4 amide bonds. The Bertz CT molecular complexity index is 904. The third-order valence-corrected chi connectivity index (χ3v) is 4.82. The smallest absolute Gasteiger partial charge is 0.262 e. The highest BCUT2D eigenvalue weighted by Gasteiger charge is 2.44. The van der Waals surface area contributed by atoms with Crippen LogP contribution in [0.25, 0.3) is 10.8 Å². The molecule has 0 aliphatic carbocycles. The van der Waals surface area contributed by atoms with E-state index in [2.05, 4.69) is 5.32 Å². The SMILES string of the molecule is CC(C)n1cc2cc3c(cc2c1)C(=O)N([C@H]1CCC(=O)NC1=O)C3=O. The van der Waals surface area contributed by atoms with E-state index in [-0.39, 0.29) is 24.8 Å². The molecule has 0 saturated carbocycles. The molecule has 0 bridgehead atoms. The first-order valence-corrected chi connectivity index (χ1v) is 8.23. The Kier molecular flexibility index (Phi) is 3.28. The summed E-state index contributed by atoms with van der Waals surface area (Å²) in [6.45, 7) is 4.10. The number of amides is 4. The molecule has 128 valence electrons. The number of nitrogens with one attached hydrogen (secondary N) is 1. The lowest BCUT2D eigenvalue weighted by molar-refractivity contribution is -0.136. The van der Waals surface area contributed by atoms with Gasteiger partial charge < -0.3 is 4.57 Å². The van der Waals surface area contributed by atoms with Gasteiger partial charge in [0.25, 0.3) is 11.8 Å². The van der Waals surface area contributed by atoms with E-state index in [4.69, 9.17) is 0 Å². The fraction of sp³-hybridized carbons (Fsp3) is 0.333. The molecule has 7 nitrogen and oxygen atoms in total. The Balaban J connectivity index is 1.75. The summed E-state index contributed by atoms with van der Waals surface area (Å²) in [4.78, 5) is 49.8. The second kappa shape index (κ2) is 5.27. The van der Waals surface area contributed by atoms with Gasteiger partial charge in [-0.3, -0.25) is 29.4 Å². The quantitative estimate of drug-likeness (QED) is 0.842. The molecule has 2 aromatic rings. The third-order valence-electron chi connectivity index (χ3n) is 4.82. The lowest BCUT2D eigenvalue weighted by Crippen LogP contribution is -2.54. The summed E-state index contributed by atoms with van der Waals surface area (Å²) in [5.74, 6) is -1.93. The Morgan fingerprint density at radius 1 is 1.00 bits per heavy atom. The largest absolute Gasteiger partial charge is 0.351 e. The zero-order valence-electron chi connectivity index (χ0n) is 13.9. The summed E-state index contributed by atoms with van der Waals surface area (Å²) in [5, 5.41) is 3.94. The van der Waals surface area contributed by atoms with Gasteiger partial charge >= 0.3 is 0 Å². The van der Waals surface area contributed by atoms with Crippen LogP contribution in [0.15, 0.2) is 24.5 Å². The predicted molar refractivity (Wildman–Crippen MR) is 89.0 cm³/mol. The molecule has 0 spiro atoms. The van der Waals surface area contributed by atoms with Crippen LogP contribution in [0.5, 0.6) is 0 Å². The molecule has 7 heteroatoms. The van der Waals surface area contributed by atoms with Crippen molar-refractivity contribution in [1.82, 2.24) is 14.8 Å². The van der Waals surface area contributed by atoms with Crippen LogP contribution in [0.1, 0.15) is 53.4 Å². The maximum Gasteiger partial charge on any atom is 0.262 e. The summed E-state index contributed by atoms with van der Waals surface area (Å²) in [5.41, 5.74) is 0.618. The van der Waals surface area contributed by atoms with E-state index in [1.54, 1.807) is 12.1 Å². The maximum atomic E-state index is 12.8. The number of nitrogens with zero attached hydrogens (tertiary/aromatic N) is 2. The molecule has 25 heavy (non-hydrogen) atoms. The molecule has 1 saturated heterocycles. The van der Waals surface area contributed by atoms with Gasteiger partial charge in [-0.15, -0.1) is 0 Å². The highest BCUT2D eigenvalue weighted by molar-refractivity contribution is 6.25. The van der Waals surface area contributed by atoms with Gasteiger partial charge in [-0.1, -0.05) is 0 Å². The highest BCUT2D eigenvalue weighted by Crippen LogP contribution is 2.31. The molecule has 0 radical (unpaired) electrons. The van der Waals surface area contributed by atoms with E-state index in [1.807, 2.05) is 30.8 Å². The van der Waals surface area contributed by atoms with Gasteiger partial charge in [-0.05, 0) is 32.4 Å². The number of imide groups is 2. The summed E-state index contributed by atoms with van der Waals surface area (Å²) in [7, 11) is 0. The van der Waals surface area contributed by atoms with Crippen LogP contribution >= 0.6 is 0 Å². The van der Waals surface area contributed by atoms with E-state index in [1.165, 1.54) is 0 Å². The molecule has 1 aromatic heterocycles. The second-order valence-electron chi connectivity index (χ2n) is 6.77. The number of piperidine rings is 1. The Hall–Kier alpha value is -2.96. The van der Waals surface area contributed by atoms with E-state index in [9.17, 15) is 19.2 Å². The van der Waals surface area contributed by atoms with Crippen molar-refractivity contribution >= 4 is 34.4 Å². The lowest BCUT2D eigenvalue weighted by atomic mass is 10.0. The van der Waals surface area contributed by atoms with Crippen molar-refractivity contribution < 1.29 is 19.2 Å². The predicted octanol–water partition coefficient (Wildman–Crippen LogP) is 1.62. The fourth-order valence-corrected chi connectivity index (χ4v) is 3.43. The summed E-state index contributed by atoms with van der Waals surface area (Å²) in [6.07, 6.45) is 4.15. The van der Waals surface area contributed by atoms with Gasteiger partial charge in [0.05, 0.1) is 11.1 Å². The zero-order chi connectivity index (χ0) is 17.9. The average Bonchev–Trinajstić information content (AvgIpc) is 3.07. The molecule has 1 aromatic carbocycles. The third kappa shape index (κ3) is 2.26. The first-order chi connectivity index (χ1) is 11.9. The molecule has 3 heterocycles. The molecule has 2 aliphatic rings. The van der Waals surface area contributed by atoms with Crippen molar-refractivity contribution in [2.24, 2.45) is 0 Å². The molecule has 1 fully saturated rings. The standard InChI is InChI=1S/C18H17N3O4/c1-9(2)20-7-10-5-12-13(6-11(10)8-20)18(25)21(17(12)24)14-3-4-15(22)19-16(14)23/h5-9,14H,3-4H2,1-2H3,(H,19,22,23)/t14-/m0/s1. The number of aromatic nitrogens is 1. The lowest BCUT2D eigenvalue weighted by Gasteiger charge is -2.27. The summed E-state index contributed by atoms with van der Waals surface area (Å²) < 4.78 is 2.02. The van der Waals surface area contributed by atoms with Gasteiger partial charge in [-0.2, -0.15) is 0 Å². The Morgan fingerprint density at radius 2 is 1.56 bits per heavy atom. The maximum absolute atomic E-state index is 12.8. The number of rotatable bonds is 2. The first-order valence-electron chi connectivity index (χ1n) is 8.23.